The molecule has 4 nitrogen and oxygen atoms in total. The van der Waals surface area contributed by atoms with Gasteiger partial charge in [0.15, 0.2) is 11.6 Å². The van der Waals surface area contributed by atoms with Crippen molar-refractivity contribution in [2.45, 2.75) is 33.1 Å². The number of H-pyrrole nitrogens is 1. The molecule has 0 fully saturated rings. The van der Waals surface area contributed by atoms with Crippen LogP contribution in [0.4, 0.5) is 8.78 Å². The molecule has 1 unspecified atom stereocenters. The van der Waals surface area contributed by atoms with Crippen molar-refractivity contribution in [1.82, 2.24) is 14.4 Å². The first-order chi connectivity index (χ1) is 9.93. The fraction of sp³-hybridized carbons (Fsp3) is 0.333. The Morgan fingerprint density at radius 2 is 2.00 bits per heavy atom. The molecule has 2 heterocycles. The van der Waals surface area contributed by atoms with Gasteiger partial charge in [-0.3, -0.25) is 4.79 Å². The number of hydrogen-bond donors (Lipinski definition) is 1. The van der Waals surface area contributed by atoms with E-state index in [0.717, 1.165) is 24.2 Å². The first kappa shape index (κ1) is 13.7. The Morgan fingerprint density at radius 3 is 2.67 bits per heavy atom. The summed E-state index contributed by atoms with van der Waals surface area (Å²) in [5.41, 5.74) is 1.64. The van der Waals surface area contributed by atoms with Crippen molar-refractivity contribution in [3.8, 4) is 0 Å². The van der Waals surface area contributed by atoms with E-state index in [1.54, 1.807) is 6.92 Å². The molecule has 21 heavy (non-hydrogen) atoms. The van der Waals surface area contributed by atoms with Crippen LogP contribution in [-0.2, 0) is 0 Å². The molecule has 1 aromatic carbocycles. The lowest BCUT2D eigenvalue weighted by Crippen LogP contribution is -2.20. The summed E-state index contributed by atoms with van der Waals surface area (Å²) < 4.78 is 28.0. The second-order valence-corrected chi connectivity index (χ2v) is 5.30. The average molecular weight is 291 g/mol. The van der Waals surface area contributed by atoms with E-state index in [9.17, 15) is 13.6 Å². The molecule has 0 bridgehead atoms. The number of hydrogen-bond acceptors (Lipinski definition) is 2. The van der Waals surface area contributed by atoms with Gasteiger partial charge in [-0.25, -0.2) is 18.2 Å². The molecule has 0 aliphatic rings. The third-order valence-corrected chi connectivity index (χ3v) is 3.98. The molecule has 0 saturated carbocycles. The molecular weight excluding hydrogens is 276 g/mol. The standard InChI is InChI=1S/C15H15F2N3O/c1-4-7(2)13-8(3)14(21)20-12-6-10(17)9(16)5-11(12)18-15(20)19-13/h5-7H,4H2,1-3H3,(H,18,19). The van der Waals surface area contributed by atoms with Gasteiger partial charge in [-0.05, 0) is 19.3 Å². The van der Waals surface area contributed by atoms with E-state index in [2.05, 4.69) is 9.97 Å². The molecule has 0 saturated heterocycles. The minimum atomic E-state index is -0.993. The lowest BCUT2D eigenvalue weighted by atomic mass is 10.0. The van der Waals surface area contributed by atoms with Crippen molar-refractivity contribution in [2.24, 2.45) is 0 Å². The number of aromatic amines is 1. The third kappa shape index (κ3) is 1.93. The number of benzene rings is 1. The highest BCUT2D eigenvalue weighted by atomic mass is 19.2. The maximum absolute atomic E-state index is 13.4. The van der Waals surface area contributed by atoms with Gasteiger partial charge < -0.3 is 4.98 Å². The normalized spacial score (nSPS) is 13.2. The fourth-order valence-electron chi connectivity index (χ4n) is 2.56. The molecule has 2 aromatic heterocycles. The maximum atomic E-state index is 13.4. The van der Waals surface area contributed by atoms with Gasteiger partial charge in [0.25, 0.3) is 5.56 Å². The van der Waals surface area contributed by atoms with Crippen molar-refractivity contribution < 1.29 is 8.78 Å². The molecule has 0 radical (unpaired) electrons. The van der Waals surface area contributed by atoms with Gasteiger partial charge in [0.05, 0.1) is 11.0 Å². The molecule has 0 spiro atoms. The Morgan fingerprint density at radius 1 is 1.33 bits per heavy atom. The van der Waals surface area contributed by atoms with Crippen molar-refractivity contribution in [3.05, 3.63) is 45.4 Å². The molecule has 1 N–H and O–H groups in total. The first-order valence-electron chi connectivity index (χ1n) is 6.84. The topological polar surface area (TPSA) is 50.2 Å². The molecule has 0 amide bonds. The highest BCUT2D eigenvalue weighted by Crippen LogP contribution is 2.22. The molecule has 110 valence electrons. The summed E-state index contributed by atoms with van der Waals surface area (Å²) >= 11 is 0. The SMILES string of the molecule is CCC(C)c1[nH]c2nc3cc(F)c(F)cc3n2c(=O)c1C. The summed E-state index contributed by atoms with van der Waals surface area (Å²) in [5.74, 6) is -1.48. The zero-order valence-electron chi connectivity index (χ0n) is 12.0. The number of nitrogens with zero attached hydrogens (tertiary/aromatic N) is 2. The Balaban J connectivity index is 2.46. The summed E-state index contributed by atoms with van der Waals surface area (Å²) in [4.78, 5) is 19.8. The predicted octanol–water partition coefficient (Wildman–Crippen LogP) is 3.28. The van der Waals surface area contributed by atoms with Crippen molar-refractivity contribution >= 4 is 16.8 Å². The van der Waals surface area contributed by atoms with Gasteiger partial charge in [0.2, 0.25) is 5.78 Å². The van der Waals surface area contributed by atoms with Gasteiger partial charge >= 0.3 is 0 Å². The Kier molecular flexibility index (Phi) is 3.04. The molecule has 0 aliphatic heterocycles. The Hall–Kier alpha value is -2.24. The Labute approximate surface area is 119 Å². The highest BCUT2D eigenvalue weighted by molar-refractivity contribution is 5.79. The minimum Gasteiger partial charge on any atom is -0.328 e. The Bertz CT molecular complexity index is 911. The van der Waals surface area contributed by atoms with Crippen LogP contribution < -0.4 is 5.56 Å². The van der Waals surface area contributed by atoms with E-state index in [1.165, 1.54) is 4.40 Å². The van der Waals surface area contributed by atoms with Gasteiger partial charge in [-0.2, -0.15) is 0 Å². The third-order valence-electron chi connectivity index (χ3n) is 3.98. The van der Waals surface area contributed by atoms with Crippen LogP contribution in [0.25, 0.3) is 16.8 Å². The largest absolute Gasteiger partial charge is 0.328 e. The van der Waals surface area contributed by atoms with Crippen LogP contribution in [0.3, 0.4) is 0 Å². The zero-order valence-corrected chi connectivity index (χ0v) is 12.0. The molecule has 3 rings (SSSR count). The van der Waals surface area contributed by atoms with Crippen LogP contribution in [0, 0.1) is 18.6 Å². The zero-order chi connectivity index (χ0) is 15.3. The van der Waals surface area contributed by atoms with Gasteiger partial charge in [0, 0.05) is 23.4 Å². The van der Waals surface area contributed by atoms with Crippen LogP contribution >= 0.6 is 0 Å². The van der Waals surface area contributed by atoms with Crippen LogP contribution in [0.1, 0.15) is 37.4 Å². The van der Waals surface area contributed by atoms with Crippen LogP contribution in [0.2, 0.25) is 0 Å². The number of aromatic nitrogens is 3. The maximum Gasteiger partial charge on any atom is 0.262 e. The quantitative estimate of drug-likeness (QED) is 0.787. The highest BCUT2D eigenvalue weighted by Gasteiger charge is 2.17. The molecular formula is C15H15F2N3O. The van der Waals surface area contributed by atoms with Crippen LogP contribution in [-0.4, -0.2) is 14.4 Å². The molecule has 6 heteroatoms. The number of imidazole rings is 1. The van der Waals surface area contributed by atoms with Gasteiger partial charge in [0.1, 0.15) is 0 Å². The van der Waals surface area contributed by atoms with Crippen molar-refractivity contribution in [2.75, 3.05) is 0 Å². The fourth-order valence-corrected chi connectivity index (χ4v) is 2.56. The van der Waals surface area contributed by atoms with Crippen molar-refractivity contribution in [3.63, 3.8) is 0 Å². The summed E-state index contributed by atoms with van der Waals surface area (Å²) in [7, 11) is 0. The van der Waals surface area contributed by atoms with Crippen LogP contribution in [0.15, 0.2) is 16.9 Å². The second kappa shape index (κ2) is 4.65. The summed E-state index contributed by atoms with van der Waals surface area (Å²) in [6.45, 7) is 5.77. The smallest absolute Gasteiger partial charge is 0.262 e. The lowest BCUT2D eigenvalue weighted by molar-refractivity contribution is 0.510. The molecule has 3 aromatic rings. The van der Waals surface area contributed by atoms with E-state index in [1.807, 2.05) is 13.8 Å². The van der Waals surface area contributed by atoms with Gasteiger partial charge in [-0.1, -0.05) is 13.8 Å². The van der Waals surface area contributed by atoms with E-state index in [4.69, 9.17) is 0 Å². The van der Waals surface area contributed by atoms with Gasteiger partial charge in [-0.15, -0.1) is 0 Å². The van der Waals surface area contributed by atoms with E-state index < -0.39 is 11.6 Å². The van der Waals surface area contributed by atoms with Crippen LogP contribution in [0.5, 0.6) is 0 Å². The molecule has 0 aliphatic carbocycles. The number of rotatable bonds is 2. The summed E-state index contributed by atoms with van der Waals surface area (Å²) in [6, 6.07) is 2.01. The second-order valence-electron chi connectivity index (χ2n) is 5.30. The first-order valence-corrected chi connectivity index (χ1v) is 6.84. The number of fused-ring (bicyclic) bond motifs is 3. The van der Waals surface area contributed by atoms with E-state index in [0.29, 0.717) is 11.3 Å². The van der Waals surface area contributed by atoms with Crippen molar-refractivity contribution in [1.29, 1.82) is 0 Å². The number of halogens is 2. The monoisotopic (exact) mass is 291 g/mol. The summed E-state index contributed by atoms with van der Waals surface area (Å²) in [6.07, 6.45) is 0.871. The average Bonchev–Trinajstić information content (AvgIpc) is 2.80. The molecule has 1 atom stereocenters. The lowest BCUT2D eigenvalue weighted by Gasteiger charge is -2.12. The summed E-state index contributed by atoms with van der Waals surface area (Å²) in [5, 5.41) is 0. The minimum absolute atomic E-state index is 0.177. The van der Waals surface area contributed by atoms with E-state index in [-0.39, 0.29) is 22.5 Å². The predicted molar refractivity (Wildman–Crippen MR) is 76.7 cm³/mol. The van der Waals surface area contributed by atoms with E-state index >= 15 is 0 Å². The number of nitrogens with one attached hydrogen (secondary N) is 1.